The largest absolute Gasteiger partial charge is 0.494 e. The standard InChI is InChI=1S/C18H18BrN3O2/c1-3-23-15-7-4-13(5-8-15)18-21-17(24-22-18)11-20-16-9-6-14(19)10-12(16)2/h4-10,20H,3,11H2,1-2H3. The first-order chi connectivity index (χ1) is 11.7. The van der Waals surface area contributed by atoms with Crippen LogP contribution in [0.3, 0.4) is 0 Å². The van der Waals surface area contributed by atoms with Crippen LogP contribution in [0.5, 0.6) is 5.75 Å². The lowest BCUT2D eigenvalue weighted by atomic mass is 10.2. The van der Waals surface area contributed by atoms with Crippen molar-refractivity contribution in [3.05, 3.63) is 58.4 Å². The van der Waals surface area contributed by atoms with E-state index < -0.39 is 0 Å². The number of benzene rings is 2. The summed E-state index contributed by atoms with van der Waals surface area (Å²) in [5.41, 5.74) is 3.09. The topological polar surface area (TPSA) is 60.2 Å². The fraction of sp³-hybridized carbons (Fsp3) is 0.222. The van der Waals surface area contributed by atoms with Crippen molar-refractivity contribution in [1.29, 1.82) is 0 Å². The summed E-state index contributed by atoms with van der Waals surface area (Å²) in [7, 11) is 0. The van der Waals surface area contributed by atoms with Crippen LogP contribution in [-0.4, -0.2) is 16.7 Å². The van der Waals surface area contributed by atoms with Crippen LogP contribution in [0, 0.1) is 6.92 Å². The quantitative estimate of drug-likeness (QED) is 0.656. The summed E-state index contributed by atoms with van der Waals surface area (Å²) in [5.74, 6) is 1.95. The Kier molecular flexibility index (Phi) is 5.15. The third kappa shape index (κ3) is 3.94. The fourth-order valence-corrected chi connectivity index (χ4v) is 2.78. The molecule has 0 amide bonds. The molecule has 124 valence electrons. The van der Waals surface area contributed by atoms with Crippen molar-refractivity contribution >= 4 is 21.6 Å². The minimum atomic E-state index is 0.479. The molecule has 0 radical (unpaired) electrons. The number of ether oxygens (including phenoxy) is 1. The number of aryl methyl sites for hydroxylation is 1. The fourth-order valence-electron chi connectivity index (χ4n) is 2.31. The normalized spacial score (nSPS) is 10.6. The Bertz CT molecular complexity index is 815. The van der Waals surface area contributed by atoms with E-state index in [0.29, 0.717) is 24.9 Å². The summed E-state index contributed by atoms with van der Waals surface area (Å²) in [5, 5.41) is 7.35. The highest BCUT2D eigenvalue weighted by Gasteiger charge is 2.09. The SMILES string of the molecule is CCOc1ccc(-c2noc(CNc3ccc(Br)cc3C)n2)cc1. The second kappa shape index (κ2) is 7.49. The molecule has 0 saturated heterocycles. The number of rotatable bonds is 6. The van der Waals surface area contributed by atoms with E-state index in [1.165, 1.54) is 0 Å². The lowest BCUT2D eigenvalue weighted by molar-refractivity contribution is 0.340. The number of aromatic nitrogens is 2. The van der Waals surface area contributed by atoms with Gasteiger partial charge in [-0.15, -0.1) is 0 Å². The molecular formula is C18H18BrN3O2. The van der Waals surface area contributed by atoms with Gasteiger partial charge in [0.2, 0.25) is 11.7 Å². The first-order valence-electron chi connectivity index (χ1n) is 7.71. The maximum Gasteiger partial charge on any atom is 0.246 e. The van der Waals surface area contributed by atoms with E-state index in [2.05, 4.69) is 37.5 Å². The highest BCUT2D eigenvalue weighted by atomic mass is 79.9. The molecule has 2 aromatic carbocycles. The first kappa shape index (κ1) is 16.5. The van der Waals surface area contributed by atoms with E-state index in [-0.39, 0.29) is 0 Å². The summed E-state index contributed by atoms with van der Waals surface area (Å²) in [6.07, 6.45) is 0. The van der Waals surface area contributed by atoms with Gasteiger partial charge in [0.15, 0.2) is 0 Å². The Morgan fingerprint density at radius 2 is 1.96 bits per heavy atom. The van der Waals surface area contributed by atoms with Crippen molar-refractivity contribution in [2.75, 3.05) is 11.9 Å². The molecule has 0 saturated carbocycles. The summed E-state index contributed by atoms with van der Waals surface area (Å²) < 4.78 is 11.8. The minimum Gasteiger partial charge on any atom is -0.494 e. The van der Waals surface area contributed by atoms with Gasteiger partial charge in [0.25, 0.3) is 0 Å². The first-order valence-corrected chi connectivity index (χ1v) is 8.51. The molecule has 6 heteroatoms. The number of halogens is 1. The Morgan fingerprint density at radius 3 is 2.67 bits per heavy atom. The van der Waals surface area contributed by atoms with Crippen LogP contribution < -0.4 is 10.1 Å². The molecule has 3 rings (SSSR count). The molecule has 0 fully saturated rings. The zero-order chi connectivity index (χ0) is 16.9. The van der Waals surface area contributed by atoms with Crippen LogP contribution in [0.15, 0.2) is 51.5 Å². The molecule has 3 aromatic rings. The Morgan fingerprint density at radius 1 is 1.17 bits per heavy atom. The van der Waals surface area contributed by atoms with Gasteiger partial charge in [-0.3, -0.25) is 0 Å². The van der Waals surface area contributed by atoms with Gasteiger partial charge in [0.1, 0.15) is 5.75 Å². The van der Waals surface area contributed by atoms with Crippen LogP contribution in [0.25, 0.3) is 11.4 Å². The van der Waals surface area contributed by atoms with Crippen LogP contribution in [0.2, 0.25) is 0 Å². The number of anilines is 1. The summed E-state index contributed by atoms with van der Waals surface area (Å²) in [6, 6.07) is 13.7. The van der Waals surface area contributed by atoms with Crippen molar-refractivity contribution in [3.63, 3.8) is 0 Å². The summed E-state index contributed by atoms with van der Waals surface area (Å²) in [6.45, 7) is 5.13. The van der Waals surface area contributed by atoms with Gasteiger partial charge in [-0.1, -0.05) is 21.1 Å². The maximum absolute atomic E-state index is 5.43. The van der Waals surface area contributed by atoms with Crippen molar-refractivity contribution in [3.8, 4) is 17.1 Å². The van der Waals surface area contributed by atoms with Gasteiger partial charge in [-0.05, 0) is 61.9 Å². The monoisotopic (exact) mass is 387 g/mol. The van der Waals surface area contributed by atoms with E-state index in [1.807, 2.05) is 50.2 Å². The Balaban J connectivity index is 1.66. The van der Waals surface area contributed by atoms with E-state index in [1.54, 1.807) is 0 Å². The highest BCUT2D eigenvalue weighted by molar-refractivity contribution is 9.10. The lowest BCUT2D eigenvalue weighted by Crippen LogP contribution is -2.01. The predicted molar refractivity (Wildman–Crippen MR) is 97.1 cm³/mol. The van der Waals surface area contributed by atoms with Crippen molar-refractivity contribution < 1.29 is 9.26 Å². The van der Waals surface area contributed by atoms with Gasteiger partial charge in [-0.2, -0.15) is 4.98 Å². The molecule has 0 aliphatic rings. The van der Waals surface area contributed by atoms with E-state index in [9.17, 15) is 0 Å². The molecule has 0 aliphatic heterocycles. The average Bonchev–Trinajstić information content (AvgIpc) is 3.04. The second-order valence-corrected chi connectivity index (χ2v) is 6.20. The molecule has 5 nitrogen and oxygen atoms in total. The predicted octanol–water partition coefficient (Wildman–Crippen LogP) is 4.82. The van der Waals surface area contributed by atoms with Crippen LogP contribution in [0.1, 0.15) is 18.4 Å². The number of hydrogen-bond donors (Lipinski definition) is 1. The number of hydrogen-bond acceptors (Lipinski definition) is 5. The molecule has 0 aliphatic carbocycles. The van der Waals surface area contributed by atoms with Crippen LogP contribution in [-0.2, 0) is 6.54 Å². The molecule has 1 heterocycles. The van der Waals surface area contributed by atoms with Gasteiger partial charge >= 0.3 is 0 Å². The summed E-state index contributed by atoms with van der Waals surface area (Å²) in [4.78, 5) is 4.43. The Labute approximate surface area is 149 Å². The molecule has 0 spiro atoms. The van der Waals surface area contributed by atoms with Gasteiger partial charge < -0.3 is 14.6 Å². The van der Waals surface area contributed by atoms with Crippen LogP contribution >= 0.6 is 15.9 Å². The molecular weight excluding hydrogens is 370 g/mol. The van der Waals surface area contributed by atoms with Crippen molar-refractivity contribution in [2.45, 2.75) is 20.4 Å². The number of nitrogens with one attached hydrogen (secondary N) is 1. The highest BCUT2D eigenvalue weighted by Crippen LogP contribution is 2.22. The number of nitrogens with zero attached hydrogens (tertiary/aromatic N) is 2. The third-order valence-corrected chi connectivity index (χ3v) is 4.00. The molecule has 1 N–H and O–H groups in total. The third-order valence-electron chi connectivity index (χ3n) is 3.51. The minimum absolute atomic E-state index is 0.479. The second-order valence-electron chi connectivity index (χ2n) is 5.28. The molecule has 24 heavy (non-hydrogen) atoms. The Hall–Kier alpha value is -2.34. The van der Waals surface area contributed by atoms with E-state index in [0.717, 1.165) is 27.0 Å². The zero-order valence-corrected chi connectivity index (χ0v) is 15.1. The smallest absolute Gasteiger partial charge is 0.246 e. The van der Waals surface area contributed by atoms with Crippen molar-refractivity contribution in [2.24, 2.45) is 0 Å². The maximum atomic E-state index is 5.43. The lowest BCUT2D eigenvalue weighted by Gasteiger charge is -2.07. The van der Waals surface area contributed by atoms with E-state index in [4.69, 9.17) is 9.26 Å². The summed E-state index contributed by atoms with van der Waals surface area (Å²) >= 11 is 3.46. The zero-order valence-electron chi connectivity index (χ0n) is 13.5. The van der Waals surface area contributed by atoms with Gasteiger partial charge in [0, 0.05) is 15.7 Å². The molecule has 0 bridgehead atoms. The molecule has 0 unspecified atom stereocenters. The van der Waals surface area contributed by atoms with Crippen molar-refractivity contribution in [1.82, 2.24) is 10.1 Å². The van der Waals surface area contributed by atoms with Crippen LogP contribution in [0.4, 0.5) is 5.69 Å². The van der Waals surface area contributed by atoms with Gasteiger partial charge in [0.05, 0.1) is 13.2 Å². The molecule has 1 aromatic heterocycles. The van der Waals surface area contributed by atoms with E-state index >= 15 is 0 Å². The average molecular weight is 388 g/mol. The van der Waals surface area contributed by atoms with Gasteiger partial charge in [-0.25, -0.2) is 0 Å². The molecule has 0 atom stereocenters.